The molecular weight excluding hydrogens is 272 g/mol. The summed E-state index contributed by atoms with van der Waals surface area (Å²) in [5, 5.41) is 11.4. The van der Waals surface area contributed by atoms with Crippen LogP contribution in [0.5, 0.6) is 0 Å². The van der Waals surface area contributed by atoms with Crippen molar-refractivity contribution >= 4 is 18.0 Å². The number of aryl methyl sites for hydroxylation is 1. The standard InChI is InChI=1S/C15H14N2O4/c1-10-2-4-12(21-10)5-7-14(18)17-9-11-3-6-13(15(19)20)16-8-11/h2-8H,9H2,1H3,(H,17,18)(H,19,20)/b7-5+. The van der Waals surface area contributed by atoms with Gasteiger partial charge in [0.25, 0.3) is 0 Å². The minimum Gasteiger partial charge on any atom is -0.477 e. The maximum Gasteiger partial charge on any atom is 0.354 e. The summed E-state index contributed by atoms with van der Waals surface area (Å²) in [5.74, 6) is 0.0309. The first kappa shape index (κ1) is 14.5. The van der Waals surface area contributed by atoms with E-state index < -0.39 is 5.97 Å². The summed E-state index contributed by atoms with van der Waals surface area (Å²) < 4.78 is 5.30. The number of rotatable bonds is 5. The van der Waals surface area contributed by atoms with Gasteiger partial charge in [-0.1, -0.05) is 6.07 Å². The first-order chi connectivity index (χ1) is 10.0. The zero-order chi connectivity index (χ0) is 15.2. The SMILES string of the molecule is Cc1ccc(/C=C/C(=O)NCc2ccc(C(=O)O)nc2)o1. The largest absolute Gasteiger partial charge is 0.477 e. The van der Waals surface area contributed by atoms with Gasteiger partial charge in [0.1, 0.15) is 17.2 Å². The van der Waals surface area contributed by atoms with E-state index in [1.807, 2.05) is 13.0 Å². The van der Waals surface area contributed by atoms with Crippen LogP contribution in [0.4, 0.5) is 0 Å². The number of furan rings is 1. The van der Waals surface area contributed by atoms with Crippen molar-refractivity contribution in [1.29, 1.82) is 0 Å². The predicted molar refractivity (Wildman–Crippen MR) is 75.5 cm³/mol. The summed E-state index contributed by atoms with van der Waals surface area (Å²) in [5.41, 5.74) is 0.689. The van der Waals surface area contributed by atoms with E-state index in [4.69, 9.17) is 9.52 Å². The Kier molecular flexibility index (Phi) is 4.50. The van der Waals surface area contributed by atoms with Crippen LogP contribution in [0.25, 0.3) is 6.08 Å². The van der Waals surface area contributed by atoms with E-state index in [0.717, 1.165) is 11.3 Å². The van der Waals surface area contributed by atoms with Crippen molar-refractivity contribution in [3.63, 3.8) is 0 Å². The number of pyridine rings is 1. The molecule has 0 aromatic carbocycles. The molecular formula is C15H14N2O4. The number of carbonyl (C=O) groups excluding carboxylic acids is 1. The summed E-state index contributed by atoms with van der Waals surface area (Å²) in [6.45, 7) is 2.10. The molecule has 1 amide bonds. The Bertz CT molecular complexity index is 671. The minimum absolute atomic E-state index is 0.0295. The van der Waals surface area contributed by atoms with Gasteiger partial charge in [0.05, 0.1) is 0 Å². The van der Waals surface area contributed by atoms with Gasteiger partial charge in [0.15, 0.2) is 0 Å². The first-order valence-electron chi connectivity index (χ1n) is 6.25. The van der Waals surface area contributed by atoms with Crippen LogP contribution in [0.1, 0.15) is 27.6 Å². The number of carboxylic acid groups (broad SMARTS) is 1. The van der Waals surface area contributed by atoms with Crippen molar-refractivity contribution in [2.24, 2.45) is 0 Å². The zero-order valence-electron chi connectivity index (χ0n) is 11.4. The van der Waals surface area contributed by atoms with Gasteiger partial charge in [-0.05, 0) is 36.8 Å². The van der Waals surface area contributed by atoms with Crippen molar-refractivity contribution in [1.82, 2.24) is 10.3 Å². The highest BCUT2D eigenvalue weighted by atomic mass is 16.4. The molecule has 0 saturated heterocycles. The Morgan fingerprint density at radius 2 is 2.14 bits per heavy atom. The van der Waals surface area contributed by atoms with Crippen LogP contribution in [0.2, 0.25) is 0 Å². The fraction of sp³-hybridized carbons (Fsp3) is 0.133. The van der Waals surface area contributed by atoms with E-state index in [0.29, 0.717) is 5.76 Å². The van der Waals surface area contributed by atoms with Crippen LogP contribution in [0.3, 0.4) is 0 Å². The summed E-state index contributed by atoms with van der Waals surface area (Å²) in [4.78, 5) is 26.0. The molecule has 21 heavy (non-hydrogen) atoms. The Morgan fingerprint density at radius 1 is 1.33 bits per heavy atom. The molecule has 2 N–H and O–H groups in total. The highest BCUT2D eigenvalue weighted by Gasteiger charge is 2.04. The van der Waals surface area contributed by atoms with Crippen LogP contribution in [0, 0.1) is 6.92 Å². The van der Waals surface area contributed by atoms with Crippen molar-refractivity contribution in [3.8, 4) is 0 Å². The molecule has 0 atom stereocenters. The van der Waals surface area contributed by atoms with Crippen LogP contribution < -0.4 is 5.32 Å². The first-order valence-corrected chi connectivity index (χ1v) is 6.25. The topological polar surface area (TPSA) is 92.4 Å². The van der Waals surface area contributed by atoms with Gasteiger partial charge in [0, 0.05) is 18.8 Å². The summed E-state index contributed by atoms with van der Waals surface area (Å²) in [6.07, 6.45) is 4.37. The van der Waals surface area contributed by atoms with Crippen LogP contribution >= 0.6 is 0 Å². The number of nitrogens with one attached hydrogen (secondary N) is 1. The number of hydrogen-bond acceptors (Lipinski definition) is 4. The van der Waals surface area contributed by atoms with E-state index >= 15 is 0 Å². The molecule has 0 saturated carbocycles. The molecule has 6 heteroatoms. The molecule has 108 valence electrons. The summed E-state index contributed by atoms with van der Waals surface area (Å²) in [7, 11) is 0. The zero-order valence-corrected chi connectivity index (χ0v) is 11.4. The van der Waals surface area contributed by atoms with Gasteiger partial charge < -0.3 is 14.8 Å². The van der Waals surface area contributed by atoms with Crippen molar-refractivity contribution < 1.29 is 19.1 Å². The van der Waals surface area contributed by atoms with Crippen LogP contribution in [0.15, 0.2) is 41.0 Å². The Hall–Kier alpha value is -2.89. The molecule has 0 spiro atoms. The molecule has 0 bridgehead atoms. The number of carbonyl (C=O) groups is 2. The lowest BCUT2D eigenvalue weighted by Crippen LogP contribution is -2.20. The number of nitrogens with zero attached hydrogens (tertiary/aromatic N) is 1. The van der Waals surface area contributed by atoms with E-state index in [1.54, 1.807) is 18.2 Å². The number of hydrogen-bond donors (Lipinski definition) is 2. The quantitative estimate of drug-likeness (QED) is 0.820. The molecule has 2 aromatic heterocycles. The van der Waals surface area contributed by atoms with Crippen LogP contribution in [-0.2, 0) is 11.3 Å². The average Bonchev–Trinajstić information content (AvgIpc) is 2.89. The molecule has 0 fully saturated rings. The normalized spacial score (nSPS) is 10.7. The van der Waals surface area contributed by atoms with Crippen molar-refractivity contribution in [3.05, 3.63) is 59.3 Å². The van der Waals surface area contributed by atoms with Gasteiger partial charge in [-0.15, -0.1) is 0 Å². The number of aromatic nitrogens is 1. The second kappa shape index (κ2) is 6.51. The highest BCUT2D eigenvalue weighted by molar-refractivity contribution is 5.91. The maximum atomic E-state index is 11.6. The van der Waals surface area contributed by atoms with Gasteiger partial charge >= 0.3 is 5.97 Å². The lowest BCUT2D eigenvalue weighted by Gasteiger charge is -2.02. The van der Waals surface area contributed by atoms with E-state index in [-0.39, 0.29) is 18.1 Å². The average molecular weight is 286 g/mol. The summed E-state index contributed by atoms with van der Waals surface area (Å²) >= 11 is 0. The molecule has 2 aromatic rings. The molecule has 0 aliphatic carbocycles. The number of aromatic carboxylic acids is 1. The fourth-order valence-corrected chi connectivity index (χ4v) is 1.60. The Balaban J connectivity index is 1.86. The molecule has 2 heterocycles. The Labute approximate surface area is 121 Å². The van der Waals surface area contributed by atoms with E-state index in [2.05, 4.69) is 10.3 Å². The van der Waals surface area contributed by atoms with Gasteiger partial charge in [0.2, 0.25) is 5.91 Å². The molecule has 0 unspecified atom stereocenters. The van der Waals surface area contributed by atoms with E-state index in [1.165, 1.54) is 18.3 Å². The molecule has 0 aliphatic heterocycles. The monoisotopic (exact) mass is 286 g/mol. The minimum atomic E-state index is -1.08. The number of carboxylic acids is 1. The predicted octanol–water partition coefficient (Wildman–Crippen LogP) is 2.01. The third-order valence-electron chi connectivity index (χ3n) is 2.67. The second-order valence-corrected chi connectivity index (χ2v) is 4.36. The molecule has 0 aliphatic rings. The van der Waals surface area contributed by atoms with Gasteiger partial charge in [-0.3, -0.25) is 4.79 Å². The highest BCUT2D eigenvalue weighted by Crippen LogP contribution is 2.07. The van der Waals surface area contributed by atoms with Crippen molar-refractivity contribution in [2.45, 2.75) is 13.5 Å². The Morgan fingerprint density at radius 3 is 2.71 bits per heavy atom. The smallest absolute Gasteiger partial charge is 0.354 e. The third-order valence-corrected chi connectivity index (χ3v) is 2.67. The fourth-order valence-electron chi connectivity index (χ4n) is 1.60. The lowest BCUT2D eigenvalue weighted by molar-refractivity contribution is -0.116. The molecule has 0 radical (unpaired) electrons. The van der Waals surface area contributed by atoms with Gasteiger partial charge in [-0.25, -0.2) is 9.78 Å². The number of amides is 1. The second-order valence-electron chi connectivity index (χ2n) is 4.36. The van der Waals surface area contributed by atoms with E-state index in [9.17, 15) is 9.59 Å². The van der Waals surface area contributed by atoms with Crippen molar-refractivity contribution in [2.75, 3.05) is 0 Å². The summed E-state index contributed by atoms with van der Waals surface area (Å²) in [6, 6.07) is 6.59. The molecule has 2 rings (SSSR count). The third kappa shape index (κ3) is 4.31. The molecule has 6 nitrogen and oxygen atoms in total. The maximum absolute atomic E-state index is 11.6. The van der Waals surface area contributed by atoms with Crippen LogP contribution in [-0.4, -0.2) is 22.0 Å². The van der Waals surface area contributed by atoms with Gasteiger partial charge in [-0.2, -0.15) is 0 Å². The lowest BCUT2D eigenvalue weighted by atomic mass is 10.2.